The lowest BCUT2D eigenvalue weighted by Crippen LogP contribution is -1.87. The van der Waals surface area contributed by atoms with Crippen molar-refractivity contribution in [1.82, 2.24) is 4.57 Å². The Morgan fingerprint density at radius 2 is 1.89 bits per heavy atom. The first kappa shape index (κ1) is 13.3. The van der Waals surface area contributed by atoms with Crippen molar-refractivity contribution in [2.24, 2.45) is 7.05 Å². The molecule has 94 valence electrons. The molecule has 6 heteroatoms. The first-order valence-electron chi connectivity index (χ1n) is 4.95. The fraction of sp³-hybridized carbons (Fsp3) is 0.0833. The van der Waals surface area contributed by atoms with Crippen LogP contribution in [0.2, 0.25) is 15.2 Å². The van der Waals surface area contributed by atoms with Gasteiger partial charge in [0.25, 0.3) is 0 Å². The summed E-state index contributed by atoms with van der Waals surface area (Å²) in [6.07, 6.45) is 2.47. The molecule has 0 aliphatic heterocycles. The van der Waals surface area contributed by atoms with E-state index in [1.54, 1.807) is 23.7 Å². The zero-order chi connectivity index (χ0) is 13.4. The number of aromatic nitrogens is 1. The summed E-state index contributed by atoms with van der Waals surface area (Å²) in [7, 11) is 1.77. The number of aliphatic carboxylic acids is 1. The number of rotatable bonds is 2. The van der Waals surface area contributed by atoms with E-state index in [1.165, 1.54) is 6.08 Å². The van der Waals surface area contributed by atoms with E-state index in [0.29, 0.717) is 20.8 Å². The number of hydrogen-bond donors (Lipinski definition) is 1. The van der Waals surface area contributed by atoms with Crippen LogP contribution in [0.4, 0.5) is 0 Å². The van der Waals surface area contributed by atoms with Crippen molar-refractivity contribution < 1.29 is 9.90 Å². The number of benzene rings is 1. The van der Waals surface area contributed by atoms with Gasteiger partial charge in [-0.25, -0.2) is 4.79 Å². The van der Waals surface area contributed by atoms with Gasteiger partial charge in [0.05, 0.1) is 15.6 Å². The predicted octanol–water partition coefficient (Wildman–Crippen LogP) is 4.24. The van der Waals surface area contributed by atoms with Gasteiger partial charge in [0.15, 0.2) is 0 Å². The van der Waals surface area contributed by atoms with Gasteiger partial charge in [0, 0.05) is 24.1 Å². The SMILES string of the molecule is Cn1c(Cl)c(/C=C/C(=O)O)c2cc(Cl)c(Cl)cc21. The highest BCUT2D eigenvalue weighted by atomic mass is 35.5. The second-order valence-electron chi connectivity index (χ2n) is 3.72. The molecule has 0 saturated carbocycles. The van der Waals surface area contributed by atoms with Crippen molar-refractivity contribution in [2.75, 3.05) is 0 Å². The molecule has 2 aromatic rings. The van der Waals surface area contributed by atoms with E-state index < -0.39 is 5.97 Å². The molecule has 1 N–H and O–H groups in total. The van der Waals surface area contributed by atoms with Crippen LogP contribution in [0.1, 0.15) is 5.56 Å². The molecule has 0 spiro atoms. The third kappa shape index (κ3) is 2.21. The molecule has 0 unspecified atom stereocenters. The van der Waals surface area contributed by atoms with Crippen LogP contribution in [-0.2, 0) is 11.8 Å². The van der Waals surface area contributed by atoms with Gasteiger partial charge in [-0.3, -0.25) is 0 Å². The van der Waals surface area contributed by atoms with Gasteiger partial charge in [-0.1, -0.05) is 34.8 Å². The third-order valence-electron chi connectivity index (χ3n) is 2.60. The third-order valence-corrected chi connectivity index (χ3v) is 3.78. The van der Waals surface area contributed by atoms with E-state index in [9.17, 15) is 4.79 Å². The van der Waals surface area contributed by atoms with E-state index in [0.717, 1.165) is 17.0 Å². The Labute approximate surface area is 118 Å². The zero-order valence-corrected chi connectivity index (χ0v) is 11.5. The van der Waals surface area contributed by atoms with Gasteiger partial charge in [-0.05, 0) is 18.2 Å². The second-order valence-corrected chi connectivity index (χ2v) is 4.89. The Morgan fingerprint density at radius 1 is 1.28 bits per heavy atom. The minimum Gasteiger partial charge on any atom is -0.478 e. The highest BCUT2D eigenvalue weighted by Gasteiger charge is 2.13. The number of halogens is 3. The fourth-order valence-electron chi connectivity index (χ4n) is 1.74. The summed E-state index contributed by atoms with van der Waals surface area (Å²) in [6.45, 7) is 0. The number of nitrogens with zero attached hydrogens (tertiary/aromatic N) is 1. The van der Waals surface area contributed by atoms with E-state index in [1.807, 2.05) is 0 Å². The van der Waals surface area contributed by atoms with Crippen molar-refractivity contribution >= 4 is 57.8 Å². The molecule has 0 aliphatic rings. The van der Waals surface area contributed by atoms with Crippen molar-refractivity contribution in [2.45, 2.75) is 0 Å². The topological polar surface area (TPSA) is 42.2 Å². The van der Waals surface area contributed by atoms with Gasteiger partial charge in [-0.15, -0.1) is 0 Å². The van der Waals surface area contributed by atoms with E-state index in [4.69, 9.17) is 39.9 Å². The molecule has 0 aliphatic carbocycles. The maximum atomic E-state index is 10.6. The molecule has 0 bridgehead atoms. The van der Waals surface area contributed by atoms with Crippen molar-refractivity contribution in [3.05, 3.63) is 39.0 Å². The molecule has 1 aromatic heterocycles. The van der Waals surface area contributed by atoms with Crippen molar-refractivity contribution in [3.8, 4) is 0 Å². The molecule has 2 rings (SSSR count). The summed E-state index contributed by atoms with van der Waals surface area (Å²) in [4.78, 5) is 10.6. The minimum atomic E-state index is -1.04. The predicted molar refractivity (Wildman–Crippen MR) is 74.6 cm³/mol. The quantitative estimate of drug-likeness (QED) is 0.843. The smallest absolute Gasteiger partial charge is 0.328 e. The lowest BCUT2D eigenvalue weighted by molar-refractivity contribution is -0.131. The van der Waals surface area contributed by atoms with Crippen LogP contribution in [0.25, 0.3) is 17.0 Å². The summed E-state index contributed by atoms with van der Waals surface area (Å²) < 4.78 is 1.72. The van der Waals surface area contributed by atoms with Crippen LogP contribution >= 0.6 is 34.8 Å². The highest BCUT2D eigenvalue weighted by molar-refractivity contribution is 6.43. The lowest BCUT2D eigenvalue weighted by atomic mass is 10.1. The molecule has 0 fully saturated rings. The van der Waals surface area contributed by atoms with Crippen LogP contribution in [0, 0.1) is 0 Å². The number of carbonyl (C=O) groups is 1. The molecule has 3 nitrogen and oxygen atoms in total. The molecule has 0 amide bonds. The average molecular weight is 305 g/mol. The molecule has 18 heavy (non-hydrogen) atoms. The molecule has 1 heterocycles. The summed E-state index contributed by atoms with van der Waals surface area (Å²) >= 11 is 18.1. The summed E-state index contributed by atoms with van der Waals surface area (Å²) in [5.74, 6) is -1.04. The molecular weight excluding hydrogens is 296 g/mol. The van der Waals surface area contributed by atoms with Gasteiger partial charge in [0.1, 0.15) is 5.15 Å². The number of aryl methyl sites for hydroxylation is 1. The summed E-state index contributed by atoms with van der Waals surface area (Å²) in [6, 6.07) is 3.37. The molecule has 0 radical (unpaired) electrons. The highest BCUT2D eigenvalue weighted by Crippen LogP contribution is 2.35. The van der Waals surface area contributed by atoms with Crippen LogP contribution in [0.15, 0.2) is 18.2 Å². The number of hydrogen-bond acceptors (Lipinski definition) is 1. The van der Waals surface area contributed by atoms with Crippen LogP contribution < -0.4 is 0 Å². The number of carboxylic acids is 1. The second kappa shape index (κ2) is 4.84. The number of carboxylic acid groups (broad SMARTS) is 1. The van der Waals surface area contributed by atoms with Crippen LogP contribution in [-0.4, -0.2) is 15.6 Å². The van der Waals surface area contributed by atoms with E-state index >= 15 is 0 Å². The summed E-state index contributed by atoms with van der Waals surface area (Å²) in [5, 5.41) is 10.7. The van der Waals surface area contributed by atoms with E-state index in [2.05, 4.69) is 0 Å². The van der Waals surface area contributed by atoms with Crippen molar-refractivity contribution in [3.63, 3.8) is 0 Å². The maximum absolute atomic E-state index is 10.6. The number of fused-ring (bicyclic) bond motifs is 1. The monoisotopic (exact) mass is 303 g/mol. The lowest BCUT2D eigenvalue weighted by Gasteiger charge is -1.99. The van der Waals surface area contributed by atoms with Crippen LogP contribution in [0.3, 0.4) is 0 Å². The molecular formula is C12H8Cl3NO2. The standard InChI is InChI=1S/C12H8Cl3NO2/c1-16-10-5-9(14)8(13)4-7(10)6(12(16)15)2-3-11(17)18/h2-5H,1H3,(H,17,18)/b3-2+. The van der Waals surface area contributed by atoms with Crippen LogP contribution in [0.5, 0.6) is 0 Å². The minimum absolute atomic E-state index is 0.399. The van der Waals surface area contributed by atoms with Gasteiger partial charge >= 0.3 is 5.97 Å². The maximum Gasteiger partial charge on any atom is 0.328 e. The largest absolute Gasteiger partial charge is 0.478 e. The first-order valence-corrected chi connectivity index (χ1v) is 6.09. The first-order chi connectivity index (χ1) is 8.41. The fourth-order valence-corrected chi connectivity index (χ4v) is 2.32. The van der Waals surface area contributed by atoms with Gasteiger partial charge in [0.2, 0.25) is 0 Å². The summed E-state index contributed by atoms with van der Waals surface area (Å²) in [5.41, 5.74) is 1.40. The Morgan fingerprint density at radius 3 is 2.50 bits per heavy atom. The Balaban J connectivity index is 2.77. The Kier molecular flexibility index (Phi) is 3.57. The van der Waals surface area contributed by atoms with Gasteiger partial charge in [-0.2, -0.15) is 0 Å². The molecule has 0 atom stereocenters. The molecule has 1 aromatic carbocycles. The van der Waals surface area contributed by atoms with Gasteiger partial charge < -0.3 is 9.67 Å². The zero-order valence-electron chi connectivity index (χ0n) is 9.25. The Hall–Kier alpha value is -1.16. The molecule has 0 saturated heterocycles. The van der Waals surface area contributed by atoms with Crippen molar-refractivity contribution in [1.29, 1.82) is 0 Å². The Bertz CT molecular complexity index is 674. The normalized spacial score (nSPS) is 11.6. The van der Waals surface area contributed by atoms with E-state index in [-0.39, 0.29) is 0 Å². The average Bonchev–Trinajstić information content (AvgIpc) is 2.51.